The quantitative estimate of drug-likeness (QED) is 0.533. The summed E-state index contributed by atoms with van der Waals surface area (Å²) in [5, 5.41) is 9.56. The molecule has 24 heavy (non-hydrogen) atoms. The van der Waals surface area contributed by atoms with Crippen molar-refractivity contribution in [1.29, 1.82) is 5.26 Å². The van der Waals surface area contributed by atoms with Crippen molar-refractivity contribution < 1.29 is 0 Å². The highest BCUT2D eigenvalue weighted by molar-refractivity contribution is 6.31. The Morgan fingerprint density at radius 2 is 1.46 bits per heavy atom. The number of nitrogens with zero attached hydrogens (tertiary/aromatic N) is 2. The van der Waals surface area contributed by atoms with Crippen molar-refractivity contribution in [2.24, 2.45) is 0 Å². The van der Waals surface area contributed by atoms with Crippen molar-refractivity contribution in [2.75, 3.05) is 0 Å². The first kappa shape index (κ1) is 14.5. The topological polar surface area (TPSA) is 52.5 Å². The minimum absolute atomic E-state index is 0.663. The second-order valence-electron chi connectivity index (χ2n) is 5.51. The zero-order valence-corrected chi connectivity index (χ0v) is 13.4. The van der Waals surface area contributed by atoms with E-state index in [0.29, 0.717) is 10.6 Å². The molecule has 4 rings (SSSR count). The Hall–Kier alpha value is -3.09. The van der Waals surface area contributed by atoms with Crippen molar-refractivity contribution in [3.63, 3.8) is 0 Å². The maximum atomic E-state index is 8.87. The van der Waals surface area contributed by atoms with Crippen molar-refractivity contribution in [3.8, 4) is 28.6 Å². The van der Waals surface area contributed by atoms with Gasteiger partial charge >= 0.3 is 0 Å². The molecule has 1 heterocycles. The zero-order valence-electron chi connectivity index (χ0n) is 12.6. The van der Waals surface area contributed by atoms with Crippen molar-refractivity contribution in [2.45, 2.75) is 0 Å². The average molecular weight is 330 g/mol. The molecular formula is C20H12ClN3. The Kier molecular flexibility index (Phi) is 3.53. The fourth-order valence-corrected chi connectivity index (χ4v) is 2.85. The van der Waals surface area contributed by atoms with Gasteiger partial charge in [-0.1, -0.05) is 48.0 Å². The van der Waals surface area contributed by atoms with E-state index in [0.717, 1.165) is 33.5 Å². The van der Waals surface area contributed by atoms with Crippen LogP contribution in [0.3, 0.4) is 0 Å². The summed E-state index contributed by atoms with van der Waals surface area (Å²) >= 11 is 6.02. The third-order valence-corrected chi connectivity index (χ3v) is 4.18. The third-order valence-electron chi connectivity index (χ3n) is 3.95. The van der Waals surface area contributed by atoms with E-state index in [9.17, 15) is 0 Å². The number of rotatable bonds is 2. The molecule has 0 bridgehead atoms. The number of benzene rings is 3. The van der Waals surface area contributed by atoms with Crippen molar-refractivity contribution >= 4 is 22.6 Å². The second-order valence-corrected chi connectivity index (χ2v) is 5.95. The Balaban J connectivity index is 1.68. The number of aromatic nitrogens is 2. The molecule has 114 valence electrons. The molecule has 0 saturated carbocycles. The van der Waals surface area contributed by atoms with Crippen LogP contribution in [0.1, 0.15) is 5.56 Å². The van der Waals surface area contributed by atoms with E-state index in [1.165, 1.54) is 0 Å². The van der Waals surface area contributed by atoms with Crippen LogP contribution < -0.4 is 0 Å². The van der Waals surface area contributed by atoms with Gasteiger partial charge in [0, 0.05) is 10.6 Å². The molecule has 4 heteroatoms. The van der Waals surface area contributed by atoms with Crippen molar-refractivity contribution in [3.05, 3.63) is 77.3 Å². The number of nitriles is 1. The van der Waals surface area contributed by atoms with Gasteiger partial charge in [-0.2, -0.15) is 5.26 Å². The molecule has 1 N–H and O–H groups in total. The summed E-state index contributed by atoms with van der Waals surface area (Å²) < 4.78 is 0. The second kappa shape index (κ2) is 5.84. The van der Waals surface area contributed by atoms with Crippen LogP contribution in [0, 0.1) is 11.3 Å². The minimum atomic E-state index is 0.663. The molecule has 0 aliphatic heterocycles. The lowest BCUT2D eigenvalue weighted by atomic mass is 10.0. The third kappa shape index (κ3) is 2.64. The molecule has 4 aromatic rings. The summed E-state index contributed by atoms with van der Waals surface area (Å²) in [6, 6.07) is 23.5. The van der Waals surface area contributed by atoms with Crippen LogP contribution in [0.25, 0.3) is 33.5 Å². The first-order chi connectivity index (χ1) is 11.7. The molecule has 3 aromatic carbocycles. The summed E-state index contributed by atoms with van der Waals surface area (Å²) in [4.78, 5) is 7.89. The van der Waals surface area contributed by atoms with E-state index in [4.69, 9.17) is 16.9 Å². The SMILES string of the molecule is N#Cc1ccc(-c2ccc(-c3nc4ccc(Cl)cc4[nH]3)cc2)cc1. The van der Waals surface area contributed by atoms with Gasteiger partial charge in [-0.05, 0) is 41.5 Å². The first-order valence-corrected chi connectivity index (χ1v) is 7.87. The lowest BCUT2D eigenvalue weighted by Crippen LogP contribution is -1.82. The average Bonchev–Trinajstić information content (AvgIpc) is 3.05. The van der Waals surface area contributed by atoms with Gasteiger partial charge < -0.3 is 4.98 Å². The van der Waals surface area contributed by atoms with Gasteiger partial charge in [-0.15, -0.1) is 0 Å². The van der Waals surface area contributed by atoms with Gasteiger partial charge in [0.25, 0.3) is 0 Å². The molecule has 3 nitrogen and oxygen atoms in total. The van der Waals surface area contributed by atoms with Gasteiger partial charge in [0.15, 0.2) is 0 Å². The van der Waals surface area contributed by atoms with Gasteiger partial charge in [0.1, 0.15) is 5.82 Å². The van der Waals surface area contributed by atoms with E-state index in [1.807, 2.05) is 54.6 Å². The number of hydrogen-bond donors (Lipinski definition) is 1. The van der Waals surface area contributed by atoms with Crippen molar-refractivity contribution in [1.82, 2.24) is 9.97 Å². The highest BCUT2D eigenvalue weighted by atomic mass is 35.5. The highest BCUT2D eigenvalue weighted by Gasteiger charge is 2.06. The normalized spacial score (nSPS) is 10.7. The summed E-state index contributed by atoms with van der Waals surface area (Å²) in [5.74, 6) is 0.818. The van der Waals surface area contributed by atoms with Gasteiger partial charge in [-0.3, -0.25) is 0 Å². The fraction of sp³-hybridized carbons (Fsp3) is 0. The summed E-state index contributed by atoms with van der Waals surface area (Å²) in [5.41, 5.74) is 5.68. The predicted octanol–water partition coefficient (Wildman–Crippen LogP) is 5.42. The summed E-state index contributed by atoms with van der Waals surface area (Å²) in [6.45, 7) is 0. The molecule has 0 fully saturated rings. The van der Waals surface area contributed by atoms with E-state index in [1.54, 1.807) is 0 Å². The van der Waals surface area contributed by atoms with Gasteiger partial charge in [-0.25, -0.2) is 4.98 Å². The van der Waals surface area contributed by atoms with Crippen LogP contribution in [-0.2, 0) is 0 Å². The Bertz CT molecular complexity index is 1050. The van der Waals surface area contributed by atoms with E-state index < -0.39 is 0 Å². The Morgan fingerprint density at radius 1 is 0.833 bits per heavy atom. The minimum Gasteiger partial charge on any atom is -0.338 e. The largest absolute Gasteiger partial charge is 0.338 e. The van der Waals surface area contributed by atoms with Crippen LogP contribution in [0.4, 0.5) is 0 Å². The zero-order chi connectivity index (χ0) is 16.5. The van der Waals surface area contributed by atoms with Crippen LogP contribution >= 0.6 is 11.6 Å². The van der Waals surface area contributed by atoms with E-state index >= 15 is 0 Å². The Morgan fingerprint density at radius 3 is 2.12 bits per heavy atom. The number of imidazole rings is 1. The maximum Gasteiger partial charge on any atom is 0.138 e. The fourth-order valence-electron chi connectivity index (χ4n) is 2.68. The molecule has 0 amide bonds. The number of halogens is 1. The van der Waals surface area contributed by atoms with E-state index in [2.05, 4.69) is 28.2 Å². The molecule has 0 aliphatic carbocycles. The van der Waals surface area contributed by atoms with Crippen LogP contribution in [0.15, 0.2) is 66.7 Å². The monoisotopic (exact) mass is 329 g/mol. The maximum absolute atomic E-state index is 8.87. The number of hydrogen-bond acceptors (Lipinski definition) is 2. The number of H-pyrrole nitrogens is 1. The number of aromatic amines is 1. The summed E-state index contributed by atoms with van der Waals surface area (Å²) in [6.07, 6.45) is 0. The van der Waals surface area contributed by atoms with Crippen LogP contribution in [-0.4, -0.2) is 9.97 Å². The lowest BCUT2D eigenvalue weighted by Gasteiger charge is -2.03. The van der Waals surface area contributed by atoms with Crippen LogP contribution in [0.5, 0.6) is 0 Å². The summed E-state index contributed by atoms with van der Waals surface area (Å²) in [7, 11) is 0. The molecule has 0 aliphatic rings. The number of nitrogens with one attached hydrogen (secondary N) is 1. The van der Waals surface area contributed by atoms with E-state index in [-0.39, 0.29) is 0 Å². The molecule has 0 atom stereocenters. The molecule has 0 saturated heterocycles. The highest BCUT2D eigenvalue weighted by Crippen LogP contribution is 2.26. The molecule has 0 radical (unpaired) electrons. The Labute approximate surface area is 144 Å². The van der Waals surface area contributed by atoms with Crippen LogP contribution in [0.2, 0.25) is 5.02 Å². The lowest BCUT2D eigenvalue weighted by molar-refractivity contribution is 1.34. The molecule has 1 aromatic heterocycles. The molecular weight excluding hydrogens is 318 g/mol. The van der Waals surface area contributed by atoms with Gasteiger partial charge in [0.05, 0.1) is 22.7 Å². The number of fused-ring (bicyclic) bond motifs is 1. The first-order valence-electron chi connectivity index (χ1n) is 7.49. The standard InChI is InChI=1S/C20H12ClN3/c21-17-9-10-18-19(11-17)24-20(23-18)16-7-5-15(6-8-16)14-3-1-13(12-22)2-4-14/h1-11H,(H,23,24). The molecule has 0 unspecified atom stereocenters. The van der Waals surface area contributed by atoms with Gasteiger partial charge in [0.2, 0.25) is 0 Å². The molecule has 0 spiro atoms. The smallest absolute Gasteiger partial charge is 0.138 e. The predicted molar refractivity (Wildman–Crippen MR) is 96.7 cm³/mol.